The zero-order valence-corrected chi connectivity index (χ0v) is 21.0. The van der Waals surface area contributed by atoms with Crippen molar-refractivity contribution < 1.29 is 4.79 Å². The van der Waals surface area contributed by atoms with Crippen LogP contribution in [0.4, 0.5) is 5.69 Å². The molecule has 174 valence electrons. The number of benzene rings is 1. The molecule has 0 atom stereocenters. The minimum Gasteiger partial charge on any atom is -0.325 e. The van der Waals surface area contributed by atoms with E-state index >= 15 is 0 Å². The molecule has 0 radical (unpaired) electrons. The number of nitrogens with zero attached hydrogens (tertiary/aromatic N) is 3. The Morgan fingerprint density at radius 2 is 2.00 bits per heavy atom. The molecule has 1 aliphatic rings. The van der Waals surface area contributed by atoms with Gasteiger partial charge in [0.25, 0.3) is 5.56 Å². The maximum absolute atomic E-state index is 13.7. The Morgan fingerprint density at radius 3 is 2.82 bits per heavy atom. The van der Waals surface area contributed by atoms with Gasteiger partial charge in [-0.3, -0.25) is 19.1 Å². The van der Waals surface area contributed by atoms with Crippen LogP contribution in [0.1, 0.15) is 34.4 Å². The smallest absolute Gasteiger partial charge is 0.263 e. The molecule has 1 amide bonds. The lowest BCUT2D eigenvalue weighted by Gasteiger charge is -2.14. The monoisotopic (exact) mass is 510 g/mol. The number of thiophene rings is 1. The third-order valence-electron chi connectivity index (χ3n) is 6.00. The molecule has 0 unspecified atom stereocenters. The number of carbonyl (C=O) groups excluding carboxylic acids is 1. The SMILES string of the molecule is Cc1c(Cl)cccc1NC(=O)CSc1nc2sc3c(c2c(=O)n1Cc1ccncc1)CCCC3. The van der Waals surface area contributed by atoms with Crippen molar-refractivity contribution >= 4 is 56.5 Å². The van der Waals surface area contributed by atoms with Gasteiger partial charge in [0.2, 0.25) is 5.91 Å². The molecular formula is C25H23ClN4O2S2. The average Bonchev–Trinajstić information content (AvgIpc) is 3.22. The minimum absolute atomic E-state index is 0.0326. The molecule has 0 saturated carbocycles. The van der Waals surface area contributed by atoms with Gasteiger partial charge in [-0.2, -0.15) is 0 Å². The van der Waals surface area contributed by atoms with Crippen LogP contribution in [-0.4, -0.2) is 26.2 Å². The molecule has 0 spiro atoms. The lowest BCUT2D eigenvalue weighted by Crippen LogP contribution is -2.25. The van der Waals surface area contributed by atoms with E-state index in [4.69, 9.17) is 16.6 Å². The second kappa shape index (κ2) is 9.90. The lowest BCUT2D eigenvalue weighted by atomic mass is 9.97. The van der Waals surface area contributed by atoms with Crippen molar-refractivity contribution in [3.05, 3.63) is 79.7 Å². The summed E-state index contributed by atoms with van der Waals surface area (Å²) < 4.78 is 1.70. The average molecular weight is 511 g/mol. The Morgan fingerprint density at radius 1 is 1.21 bits per heavy atom. The van der Waals surface area contributed by atoms with E-state index in [2.05, 4.69) is 10.3 Å². The van der Waals surface area contributed by atoms with Crippen LogP contribution in [0.5, 0.6) is 0 Å². The Labute approximate surface area is 210 Å². The zero-order chi connectivity index (χ0) is 23.7. The predicted molar refractivity (Wildman–Crippen MR) is 139 cm³/mol. The first-order chi connectivity index (χ1) is 16.5. The van der Waals surface area contributed by atoms with Crippen LogP contribution in [0.2, 0.25) is 5.02 Å². The van der Waals surface area contributed by atoms with Gasteiger partial charge in [-0.25, -0.2) is 4.98 Å². The Bertz CT molecular complexity index is 1430. The summed E-state index contributed by atoms with van der Waals surface area (Å²) >= 11 is 9.07. The van der Waals surface area contributed by atoms with Crippen LogP contribution in [0, 0.1) is 6.92 Å². The van der Waals surface area contributed by atoms with Gasteiger partial charge in [0.15, 0.2) is 5.16 Å². The number of hydrogen-bond donors (Lipinski definition) is 1. The van der Waals surface area contributed by atoms with E-state index in [-0.39, 0.29) is 17.2 Å². The fourth-order valence-electron chi connectivity index (χ4n) is 4.20. The first-order valence-corrected chi connectivity index (χ1v) is 13.3. The molecule has 0 fully saturated rings. The summed E-state index contributed by atoms with van der Waals surface area (Å²) in [6.45, 7) is 2.25. The summed E-state index contributed by atoms with van der Waals surface area (Å²) in [7, 11) is 0. The van der Waals surface area contributed by atoms with Crippen molar-refractivity contribution in [1.82, 2.24) is 14.5 Å². The second-order valence-corrected chi connectivity index (χ2v) is 10.7. The number of rotatable bonds is 6. The molecule has 1 aliphatic carbocycles. The van der Waals surface area contributed by atoms with Gasteiger partial charge in [-0.05, 0) is 73.6 Å². The van der Waals surface area contributed by atoms with E-state index < -0.39 is 0 Å². The first-order valence-electron chi connectivity index (χ1n) is 11.1. The Hall–Kier alpha value is -2.68. The largest absolute Gasteiger partial charge is 0.325 e. The van der Waals surface area contributed by atoms with Gasteiger partial charge in [-0.1, -0.05) is 29.4 Å². The van der Waals surface area contributed by atoms with Gasteiger partial charge in [0, 0.05) is 28.0 Å². The highest BCUT2D eigenvalue weighted by Crippen LogP contribution is 2.35. The van der Waals surface area contributed by atoms with Gasteiger partial charge >= 0.3 is 0 Å². The van der Waals surface area contributed by atoms with E-state index in [0.29, 0.717) is 22.4 Å². The second-order valence-electron chi connectivity index (χ2n) is 8.28. The fraction of sp³-hybridized carbons (Fsp3) is 0.280. The molecule has 1 N–H and O–H groups in total. The van der Waals surface area contributed by atoms with E-state index in [1.165, 1.54) is 16.6 Å². The maximum Gasteiger partial charge on any atom is 0.263 e. The normalized spacial score (nSPS) is 13.1. The third-order valence-corrected chi connectivity index (χ3v) is 8.58. The van der Waals surface area contributed by atoms with E-state index in [1.807, 2.05) is 25.1 Å². The molecule has 0 aliphatic heterocycles. The molecule has 4 aromatic rings. The van der Waals surface area contributed by atoms with Crippen LogP contribution in [0.25, 0.3) is 10.2 Å². The van der Waals surface area contributed by atoms with Gasteiger partial charge < -0.3 is 5.32 Å². The number of aromatic nitrogens is 3. The number of hydrogen-bond acceptors (Lipinski definition) is 6. The van der Waals surface area contributed by atoms with Gasteiger partial charge in [-0.15, -0.1) is 11.3 Å². The van der Waals surface area contributed by atoms with Crippen LogP contribution in [0.15, 0.2) is 52.7 Å². The molecule has 6 nitrogen and oxygen atoms in total. The zero-order valence-electron chi connectivity index (χ0n) is 18.6. The molecule has 34 heavy (non-hydrogen) atoms. The van der Waals surface area contributed by atoms with Crippen LogP contribution in [0.3, 0.4) is 0 Å². The molecule has 3 aromatic heterocycles. The highest BCUT2D eigenvalue weighted by atomic mass is 35.5. The molecule has 9 heteroatoms. The summed E-state index contributed by atoms with van der Waals surface area (Å²) in [5.74, 6) is -0.0450. The molecule has 3 heterocycles. The highest BCUT2D eigenvalue weighted by Gasteiger charge is 2.23. The first kappa shape index (κ1) is 23.1. The lowest BCUT2D eigenvalue weighted by molar-refractivity contribution is -0.113. The van der Waals surface area contributed by atoms with Crippen molar-refractivity contribution in [2.24, 2.45) is 0 Å². The van der Waals surface area contributed by atoms with Gasteiger partial charge in [0.05, 0.1) is 17.7 Å². The maximum atomic E-state index is 13.7. The Kier molecular flexibility index (Phi) is 6.72. The van der Waals surface area contributed by atoms with Crippen LogP contribution in [-0.2, 0) is 24.2 Å². The highest BCUT2D eigenvalue weighted by molar-refractivity contribution is 7.99. The number of carbonyl (C=O) groups is 1. The van der Waals surface area contributed by atoms with Crippen LogP contribution < -0.4 is 10.9 Å². The number of fused-ring (bicyclic) bond motifs is 3. The quantitative estimate of drug-likeness (QED) is 0.275. The molecule has 0 bridgehead atoms. The number of nitrogens with one attached hydrogen (secondary N) is 1. The molecule has 5 rings (SSSR count). The van der Waals surface area contributed by atoms with Crippen molar-refractivity contribution in [1.29, 1.82) is 0 Å². The molecule has 1 aromatic carbocycles. The van der Waals surface area contributed by atoms with Crippen molar-refractivity contribution in [2.75, 3.05) is 11.1 Å². The van der Waals surface area contributed by atoms with E-state index in [1.54, 1.807) is 40.4 Å². The third kappa shape index (κ3) is 4.62. The summed E-state index contributed by atoms with van der Waals surface area (Å²) in [6, 6.07) is 9.20. The standard InChI is InChI=1S/C25H23ClN4O2S2/c1-15-18(26)6-4-7-19(15)28-21(31)14-33-25-29-23-22(17-5-2-3-8-20(17)34-23)24(32)30(25)13-16-9-11-27-12-10-16/h4,6-7,9-12H,2-3,5,8,13-14H2,1H3,(H,28,31). The number of pyridine rings is 1. The van der Waals surface area contributed by atoms with E-state index in [0.717, 1.165) is 52.6 Å². The molecule has 0 saturated heterocycles. The van der Waals surface area contributed by atoms with Crippen molar-refractivity contribution in [3.8, 4) is 0 Å². The fourth-order valence-corrected chi connectivity index (χ4v) is 6.48. The topological polar surface area (TPSA) is 76.9 Å². The number of anilines is 1. The number of halogens is 1. The van der Waals surface area contributed by atoms with Crippen molar-refractivity contribution in [3.63, 3.8) is 0 Å². The summed E-state index contributed by atoms with van der Waals surface area (Å²) in [4.78, 5) is 37.4. The van der Waals surface area contributed by atoms with Crippen molar-refractivity contribution in [2.45, 2.75) is 44.3 Å². The number of thioether (sulfide) groups is 1. The van der Waals surface area contributed by atoms with Gasteiger partial charge in [0.1, 0.15) is 4.83 Å². The number of aryl methyl sites for hydroxylation is 2. The minimum atomic E-state index is -0.175. The Balaban J connectivity index is 1.47. The summed E-state index contributed by atoms with van der Waals surface area (Å²) in [5.41, 5.74) is 3.60. The summed E-state index contributed by atoms with van der Waals surface area (Å²) in [5, 5.41) is 4.81. The predicted octanol–water partition coefficient (Wildman–Crippen LogP) is 5.47. The van der Waals surface area contributed by atoms with Crippen LogP contribution >= 0.6 is 34.7 Å². The molecular weight excluding hydrogens is 488 g/mol. The number of amides is 1. The summed E-state index contributed by atoms with van der Waals surface area (Å²) in [6.07, 6.45) is 7.61. The van der Waals surface area contributed by atoms with E-state index in [9.17, 15) is 9.59 Å².